The number of rotatable bonds is 3. The van der Waals surface area contributed by atoms with Gasteiger partial charge in [0.25, 0.3) is 0 Å². The van der Waals surface area contributed by atoms with E-state index < -0.39 is 10.1 Å². The fourth-order valence-electron chi connectivity index (χ4n) is 3.34. The van der Waals surface area contributed by atoms with Gasteiger partial charge in [0.2, 0.25) is 0 Å². The van der Waals surface area contributed by atoms with Gasteiger partial charge < -0.3 is 0 Å². The summed E-state index contributed by atoms with van der Waals surface area (Å²) in [6.07, 6.45) is 3.08. The Morgan fingerprint density at radius 3 is 2.54 bits per heavy atom. The van der Waals surface area contributed by atoms with E-state index in [0.717, 1.165) is 10.4 Å². The number of aryl methyl sites for hydroxylation is 1. The van der Waals surface area contributed by atoms with Gasteiger partial charge >= 0.3 is 10.1 Å². The summed E-state index contributed by atoms with van der Waals surface area (Å²) in [5.74, 6) is -0.156. The molecule has 0 bridgehead atoms. The van der Waals surface area contributed by atoms with Crippen LogP contribution in [-0.4, -0.2) is 29.1 Å². The lowest BCUT2D eigenvalue weighted by atomic mass is 9.89. The van der Waals surface area contributed by atoms with E-state index in [1.807, 2.05) is 6.92 Å². The van der Waals surface area contributed by atoms with Crippen LogP contribution in [0.2, 0.25) is 0 Å². The molecule has 0 radical (unpaired) electrons. The fraction of sp³-hybridized carbons (Fsp3) is 0.0500. The summed E-state index contributed by atoms with van der Waals surface area (Å²) in [6, 6.07) is 13.0. The smallest absolute Gasteiger partial charge is 0.289 e. The minimum absolute atomic E-state index is 0.0208. The summed E-state index contributed by atoms with van der Waals surface area (Å²) in [5, 5.41) is 4.90. The second-order valence-electron chi connectivity index (χ2n) is 6.51. The average molecular weight is 391 g/mol. The molecule has 0 atom stereocenters. The number of hydrogen-bond donors (Lipinski definition) is 0. The fourth-order valence-corrected chi connectivity index (χ4v) is 4.20. The van der Waals surface area contributed by atoms with Gasteiger partial charge in [0.15, 0.2) is 5.78 Å². The van der Waals surface area contributed by atoms with E-state index in [-0.39, 0.29) is 10.7 Å². The molecule has 0 fully saturated rings. The highest BCUT2D eigenvalue weighted by molar-refractivity contribution is 7.87. The number of benzene rings is 2. The number of hydrogen-bond acceptors (Lipinski definition) is 6. The Labute approximate surface area is 160 Å². The summed E-state index contributed by atoms with van der Waals surface area (Å²) in [5.41, 5.74) is 3.27. The monoisotopic (exact) mass is 391 g/mol. The van der Waals surface area contributed by atoms with Crippen molar-refractivity contribution in [3.8, 4) is 11.3 Å². The van der Waals surface area contributed by atoms with Crippen molar-refractivity contribution in [2.24, 2.45) is 0 Å². The van der Waals surface area contributed by atoms with Crippen molar-refractivity contribution in [3.63, 3.8) is 0 Å². The van der Waals surface area contributed by atoms with E-state index in [4.69, 9.17) is 4.28 Å². The van der Waals surface area contributed by atoms with Crippen molar-refractivity contribution >= 4 is 26.8 Å². The van der Waals surface area contributed by atoms with Crippen LogP contribution < -0.4 is 4.28 Å². The van der Waals surface area contributed by atoms with E-state index in [0.29, 0.717) is 33.3 Å². The Morgan fingerprint density at radius 1 is 0.964 bits per heavy atom. The van der Waals surface area contributed by atoms with Gasteiger partial charge in [0, 0.05) is 34.5 Å². The number of carbonyl (C=O) groups excluding carboxylic acids is 1. The molecule has 7 nitrogen and oxygen atoms in total. The standard InChI is InChI=1S/C20H13N3O4S/c1-12-5-7-13(8-6-12)28(25,26)27-23-17-4-2-3-15-18(17)19(22-23)16-11-21-10-9-14(16)20(15)24/h2-11H,1H3. The molecule has 0 aliphatic heterocycles. The zero-order valence-corrected chi connectivity index (χ0v) is 15.5. The highest BCUT2D eigenvalue weighted by Gasteiger charge is 2.30. The van der Waals surface area contributed by atoms with Crippen molar-refractivity contribution in [2.75, 3.05) is 0 Å². The minimum atomic E-state index is -4.10. The third-order valence-corrected chi connectivity index (χ3v) is 5.91. The number of nitrogens with zero attached hydrogens (tertiary/aromatic N) is 3. The van der Waals surface area contributed by atoms with Crippen LogP contribution in [0.4, 0.5) is 0 Å². The molecule has 2 heterocycles. The van der Waals surface area contributed by atoms with Crippen molar-refractivity contribution in [2.45, 2.75) is 11.8 Å². The van der Waals surface area contributed by atoms with Crippen molar-refractivity contribution < 1.29 is 17.5 Å². The van der Waals surface area contributed by atoms with Crippen LogP contribution in [0.1, 0.15) is 21.5 Å². The van der Waals surface area contributed by atoms with Crippen LogP contribution in [0.25, 0.3) is 22.2 Å². The maximum absolute atomic E-state index is 12.8. The Hall–Kier alpha value is -3.52. The van der Waals surface area contributed by atoms with Crippen LogP contribution in [0.15, 0.2) is 65.8 Å². The molecule has 0 N–H and O–H groups in total. The van der Waals surface area contributed by atoms with Crippen LogP contribution in [-0.2, 0) is 10.1 Å². The predicted octanol–water partition coefficient (Wildman–Crippen LogP) is 2.77. The Morgan fingerprint density at radius 2 is 1.75 bits per heavy atom. The highest BCUT2D eigenvalue weighted by atomic mass is 32.2. The lowest BCUT2D eigenvalue weighted by molar-refractivity contribution is 0.104. The van der Waals surface area contributed by atoms with Gasteiger partial charge in [-0.15, -0.1) is 5.10 Å². The highest BCUT2D eigenvalue weighted by Crippen LogP contribution is 2.38. The number of carbonyl (C=O) groups is 1. The molecule has 0 spiro atoms. The summed E-state index contributed by atoms with van der Waals surface area (Å²) >= 11 is 0. The first-order valence-electron chi connectivity index (χ1n) is 8.48. The third kappa shape index (κ3) is 2.35. The van der Waals surface area contributed by atoms with Gasteiger partial charge in [0.05, 0.1) is 0 Å². The Bertz CT molecular complexity index is 1370. The third-order valence-electron chi connectivity index (χ3n) is 4.72. The molecular formula is C20H13N3O4S. The lowest BCUT2D eigenvalue weighted by Crippen LogP contribution is -2.21. The van der Waals surface area contributed by atoms with Crippen molar-refractivity contribution in [3.05, 3.63) is 77.6 Å². The van der Waals surface area contributed by atoms with Crippen LogP contribution in [0.5, 0.6) is 0 Å². The molecule has 2 aromatic heterocycles. The van der Waals surface area contributed by atoms with E-state index >= 15 is 0 Å². The van der Waals surface area contributed by atoms with Crippen LogP contribution >= 0.6 is 0 Å². The SMILES string of the molecule is Cc1ccc(S(=O)(=O)On2nc3c4c(cccc42)C(=O)c2ccncc2-3)cc1. The number of fused-ring (bicyclic) bond motifs is 2. The maximum atomic E-state index is 12.8. The molecule has 0 unspecified atom stereocenters. The van der Waals surface area contributed by atoms with E-state index in [1.54, 1.807) is 42.6 Å². The molecule has 28 heavy (non-hydrogen) atoms. The molecule has 0 saturated heterocycles. The second kappa shape index (κ2) is 5.74. The zero-order chi connectivity index (χ0) is 19.5. The summed E-state index contributed by atoms with van der Waals surface area (Å²) in [7, 11) is -4.10. The quantitative estimate of drug-likeness (QED) is 0.470. The molecule has 5 rings (SSSR count). The molecule has 4 aromatic rings. The van der Waals surface area contributed by atoms with E-state index in [2.05, 4.69) is 10.1 Å². The van der Waals surface area contributed by atoms with Crippen LogP contribution in [0, 0.1) is 6.92 Å². The summed E-state index contributed by atoms with van der Waals surface area (Å²) in [6.45, 7) is 1.87. The minimum Gasteiger partial charge on any atom is -0.289 e. The van der Waals surface area contributed by atoms with E-state index in [1.165, 1.54) is 18.3 Å². The Balaban J connectivity index is 1.70. The molecule has 138 valence electrons. The lowest BCUT2D eigenvalue weighted by Gasteiger charge is -2.13. The maximum Gasteiger partial charge on any atom is 0.358 e. The number of pyridine rings is 1. The first-order valence-corrected chi connectivity index (χ1v) is 9.89. The number of ketones is 1. The van der Waals surface area contributed by atoms with Gasteiger partial charge in [-0.05, 0) is 31.2 Å². The van der Waals surface area contributed by atoms with Gasteiger partial charge in [-0.2, -0.15) is 8.42 Å². The van der Waals surface area contributed by atoms with Gasteiger partial charge in [0.1, 0.15) is 16.1 Å². The summed E-state index contributed by atoms with van der Waals surface area (Å²) < 4.78 is 30.7. The normalized spacial score (nSPS) is 12.8. The summed E-state index contributed by atoms with van der Waals surface area (Å²) in [4.78, 5) is 17.9. The van der Waals surface area contributed by atoms with Crippen molar-refractivity contribution in [1.29, 1.82) is 0 Å². The van der Waals surface area contributed by atoms with Gasteiger partial charge in [-0.1, -0.05) is 34.7 Å². The molecule has 8 heteroatoms. The topological polar surface area (TPSA) is 91.2 Å². The largest absolute Gasteiger partial charge is 0.358 e. The average Bonchev–Trinajstić information content (AvgIpc) is 3.05. The molecule has 0 amide bonds. The van der Waals surface area contributed by atoms with Gasteiger partial charge in [-0.3, -0.25) is 14.1 Å². The molecule has 1 aliphatic carbocycles. The molecule has 0 saturated carbocycles. The first kappa shape index (κ1) is 16.6. The molecule has 1 aliphatic rings. The first-order chi connectivity index (χ1) is 13.5. The van der Waals surface area contributed by atoms with Gasteiger partial charge in [-0.25, -0.2) is 0 Å². The second-order valence-corrected chi connectivity index (χ2v) is 8.04. The molecule has 2 aromatic carbocycles. The Kier molecular flexibility index (Phi) is 3.41. The van der Waals surface area contributed by atoms with Crippen LogP contribution in [0.3, 0.4) is 0 Å². The van der Waals surface area contributed by atoms with Crippen molar-refractivity contribution in [1.82, 2.24) is 14.9 Å². The molecular weight excluding hydrogens is 378 g/mol. The number of aromatic nitrogens is 3. The zero-order valence-electron chi connectivity index (χ0n) is 14.7. The van der Waals surface area contributed by atoms with E-state index in [9.17, 15) is 13.2 Å². The predicted molar refractivity (Wildman–Crippen MR) is 101 cm³/mol.